The Morgan fingerprint density at radius 1 is 1.46 bits per heavy atom. The third kappa shape index (κ3) is 1.35. The standard InChI is InChI=1S/C9H8ClNO2/c10-7-3-1-2-6-8(11-12)4-5-13-9(6)7/h1-3,12H,4-5H2/b11-8-. The zero-order valence-electron chi connectivity index (χ0n) is 6.83. The van der Waals surface area contributed by atoms with Gasteiger partial charge in [0, 0.05) is 12.0 Å². The predicted molar refractivity (Wildman–Crippen MR) is 49.9 cm³/mol. The Hall–Kier alpha value is -1.22. The van der Waals surface area contributed by atoms with Crippen molar-refractivity contribution < 1.29 is 9.94 Å². The van der Waals surface area contributed by atoms with Gasteiger partial charge in [-0.2, -0.15) is 0 Å². The molecule has 0 spiro atoms. The first-order valence-electron chi connectivity index (χ1n) is 3.95. The molecule has 1 aliphatic heterocycles. The van der Waals surface area contributed by atoms with Gasteiger partial charge in [0.1, 0.15) is 5.75 Å². The number of para-hydroxylation sites is 1. The minimum absolute atomic E-state index is 0.510. The number of hydrogen-bond donors (Lipinski definition) is 1. The van der Waals surface area contributed by atoms with E-state index in [-0.39, 0.29) is 0 Å². The van der Waals surface area contributed by atoms with Crippen LogP contribution in [0.15, 0.2) is 23.4 Å². The van der Waals surface area contributed by atoms with Crippen LogP contribution in [0.2, 0.25) is 5.02 Å². The Bertz CT molecular complexity index is 363. The first-order valence-corrected chi connectivity index (χ1v) is 4.33. The number of halogens is 1. The molecular weight excluding hydrogens is 190 g/mol. The Labute approximate surface area is 80.6 Å². The van der Waals surface area contributed by atoms with Gasteiger partial charge in [0.05, 0.1) is 17.3 Å². The van der Waals surface area contributed by atoms with E-state index in [1.807, 2.05) is 6.07 Å². The summed E-state index contributed by atoms with van der Waals surface area (Å²) in [5.74, 6) is 0.614. The van der Waals surface area contributed by atoms with E-state index in [4.69, 9.17) is 21.5 Å². The first-order chi connectivity index (χ1) is 6.33. The van der Waals surface area contributed by atoms with Crippen molar-refractivity contribution in [2.75, 3.05) is 6.61 Å². The summed E-state index contributed by atoms with van der Waals surface area (Å²) in [6, 6.07) is 5.39. The highest BCUT2D eigenvalue weighted by atomic mass is 35.5. The number of nitrogens with zero attached hydrogens (tertiary/aromatic N) is 1. The lowest BCUT2D eigenvalue weighted by molar-refractivity contribution is 0.298. The predicted octanol–water partition coefficient (Wildman–Crippen LogP) is 2.30. The van der Waals surface area contributed by atoms with Gasteiger partial charge in [-0.05, 0) is 12.1 Å². The van der Waals surface area contributed by atoms with Gasteiger partial charge in [0.25, 0.3) is 0 Å². The molecular formula is C9H8ClNO2. The van der Waals surface area contributed by atoms with Gasteiger partial charge < -0.3 is 9.94 Å². The van der Waals surface area contributed by atoms with Crippen LogP contribution >= 0.6 is 11.6 Å². The molecule has 3 nitrogen and oxygen atoms in total. The van der Waals surface area contributed by atoms with Crippen molar-refractivity contribution in [1.82, 2.24) is 0 Å². The van der Waals surface area contributed by atoms with Gasteiger partial charge in [-0.3, -0.25) is 0 Å². The molecule has 0 fully saturated rings. The van der Waals surface area contributed by atoms with E-state index < -0.39 is 0 Å². The van der Waals surface area contributed by atoms with Crippen molar-refractivity contribution >= 4 is 17.3 Å². The van der Waals surface area contributed by atoms with Crippen molar-refractivity contribution in [3.63, 3.8) is 0 Å². The maximum absolute atomic E-state index is 8.72. The molecule has 1 aliphatic rings. The third-order valence-electron chi connectivity index (χ3n) is 1.98. The molecule has 1 heterocycles. The third-order valence-corrected chi connectivity index (χ3v) is 2.28. The molecule has 68 valence electrons. The van der Waals surface area contributed by atoms with Crippen LogP contribution in [0.4, 0.5) is 0 Å². The van der Waals surface area contributed by atoms with Crippen molar-refractivity contribution in [1.29, 1.82) is 0 Å². The van der Waals surface area contributed by atoms with Crippen LogP contribution in [-0.2, 0) is 0 Å². The maximum Gasteiger partial charge on any atom is 0.147 e. The molecule has 0 bridgehead atoms. The minimum Gasteiger partial charge on any atom is -0.491 e. The van der Waals surface area contributed by atoms with E-state index in [9.17, 15) is 0 Å². The van der Waals surface area contributed by atoms with Crippen LogP contribution in [0.1, 0.15) is 12.0 Å². The quantitative estimate of drug-likeness (QED) is 0.512. The first kappa shape index (κ1) is 8.38. The Morgan fingerprint density at radius 2 is 2.31 bits per heavy atom. The number of hydrogen-bond acceptors (Lipinski definition) is 3. The number of ether oxygens (including phenoxy) is 1. The molecule has 1 N–H and O–H groups in total. The number of benzene rings is 1. The molecule has 0 unspecified atom stereocenters. The molecule has 0 aromatic heterocycles. The molecule has 0 amide bonds. The van der Waals surface area contributed by atoms with Crippen molar-refractivity contribution in [3.05, 3.63) is 28.8 Å². The maximum atomic E-state index is 8.72. The largest absolute Gasteiger partial charge is 0.491 e. The van der Waals surface area contributed by atoms with Crippen molar-refractivity contribution in [3.8, 4) is 5.75 Å². The van der Waals surface area contributed by atoms with Gasteiger partial charge in [-0.15, -0.1) is 0 Å². The summed E-state index contributed by atoms with van der Waals surface area (Å²) >= 11 is 5.90. The lowest BCUT2D eigenvalue weighted by atomic mass is 10.0. The highest BCUT2D eigenvalue weighted by molar-refractivity contribution is 6.32. The normalized spacial score (nSPS) is 18.1. The van der Waals surface area contributed by atoms with Crippen LogP contribution in [0.5, 0.6) is 5.75 Å². The number of fused-ring (bicyclic) bond motifs is 1. The zero-order chi connectivity index (χ0) is 9.26. The molecule has 0 saturated heterocycles. The fraction of sp³-hybridized carbons (Fsp3) is 0.222. The fourth-order valence-corrected chi connectivity index (χ4v) is 1.60. The average molecular weight is 198 g/mol. The van der Waals surface area contributed by atoms with E-state index in [0.29, 0.717) is 29.5 Å². The Kier molecular flexibility index (Phi) is 2.10. The second-order valence-electron chi connectivity index (χ2n) is 2.76. The summed E-state index contributed by atoms with van der Waals surface area (Å²) in [6.07, 6.45) is 0.615. The van der Waals surface area contributed by atoms with Crippen LogP contribution in [0.3, 0.4) is 0 Å². The SMILES string of the molecule is O/N=C1/CCOc2c(Cl)cccc21. The molecule has 0 atom stereocenters. The molecule has 4 heteroatoms. The summed E-state index contributed by atoms with van der Waals surface area (Å²) in [5, 5.41) is 12.5. The number of oxime groups is 1. The van der Waals surface area contributed by atoms with Gasteiger partial charge in [0.2, 0.25) is 0 Å². The molecule has 1 aromatic carbocycles. The van der Waals surface area contributed by atoms with E-state index in [1.54, 1.807) is 12.1 Å². The summed E-state index contributed by atoms with van der Waals surface area (Å²) in [5.41, 5.74) is 1.41. The summed E-state index contributed by atoms with van der Waals surface area (Å²) < 4.78 is 5.36. The van der Waals surface area contributed by atoms with E-state index in [1.165, 1.54) is 0 Å². The van der Waals surface area contributed by atoms with Gasteiger partial charge >= 0.3 is 0 Å². The van der Waals surface area contributed by atoms with E-state index in [0.717, 1.165) is 5.56 Å². The van der Waals surface area contributed by atoms with Gasteiger partial charge in [-0.1, -0.05) is 22.8 Å². The van der Waals surface area contributed by atoms with Gasteiger partial charge in [0.15, 0.2) is 0 Å². The molecule has 2 rings (SSSR count). The van der Waals surface area contributed by atoms with Crippen LogP contribution in [0.25, 0.3) is 0 Å². The average Bonchev–Trinajstić information content (AvgIpc) is 2.18. The van der Waals surface area contributed by atoms with Gasteiger partial charge in [-0.25, -0.2) is 0 Å². The van der Waals surface area contributed by atoms with Crippen LogP contribution < -0.4 is 4.74 Å². The van der Waals surface area contributed by atoms with Crippen LogP contribution in [-0.4, -0.2) is 17.5 Å². The number of rotatable bonds is 0. The summed E-state index contributed by atoms with van der Waals surface area (Å²) in [4.78, 5) is 0. The highest BCUT2D eigenvalue weighted by Gasteiger charge is 2.18. The topological polar surface area (TPSA) is 41.8 Å². The summed E-state index contributed by atoms with van der Waals surface area (Å²) in [7, 11) is 0. The minimum atomic E-state index is 0.510. The van der Waals surface area contributed by atoms with Crippen molar-refractivity contribution in [2.24, 2.45) is 5.16 Å². The van der Waals surface area contributed by atoms with E-state index in [2.05, 4.69) is 5.16 Å². The highest BCUT2D eigenvalue weighted by Crippen LogP contribution is 2.32. The monoisotopic (exact) mass is 197 g/mol. The molecule has 0 saturated carbocycles. The molecule has 1 aromatic rings. The molecule has 0 radical (unpaired) electrons. The Morgan fingerprint density at radius 3 is 3.08 bits per heavy atom. The van der Waals surface area contributed by atoms with Crippen LogP contribution in [0, 0.1) is 0 Å². The summed E-state index contributed by atoms with van der Waals surface area (Å²) in [6.45, 7) is 0.510. The second-order valence-corrected chi connectivity index (χ2v) is 3.17. The second kappa shape index (κ2) is 3.26. The lowest BCUT2D eigenvalue weighted by Gasteiger charge is -2.18. The lowest BCUT2D eigenvalue weighted by Crippen LogP contribution is -2.16. The Balaban J connectivity index is 2.58. The smallest absolute Gasteiger partial charge is 0.147 e. The van der Waals surface area contributed by atoms with Crippen molar-refractivity contribution in [2.45, 2.75) is 6.42 Å². The van der Waals surface area contributed by atoms with E-state index >= 15 is 0 Å². The zero-order valence-corrected chi connectivity index (χ0v) is 7.58. The molecule has 13 heavy (non-hydrogen) atoms. The fourth-order valence-electron chi connectivity index (χ4n) is 1.37. The molecule has 0 aliphatic carbocycles.